The van der Waals surface area contributed by atoms with Gasteiger partial charge in [-0.15, -0.1) is 0 Å². The Morgan fingerprint density at radius 2 is 2.00 bits per heavy atom. The van der Waals surface area contributed by atoms with Gasteiger partial charge < -0.3 is 16.0 Å². The molecule has 19 heavy (non-hydrogen) atoms. The quantitative estimate of drug-likeness (QED) is 0.759. The molecule has 1 saturated carbocycles. The molecule has 1 aliphatic heterocycles. The Hall–Kier alpha value is -0.610. The minimum atomic E-state index is 0.0452. The average molecular weight is 267 g/mol. The average Bonchev–Trinajstić information content (AvgIpc) is 2.61. The lowest BCUT2D eigenvalue weighted by Crippen LogP contribution is -2.44. The van der Waals surface area contributed by atoms with Crippen LogP contribution in [0.2, 0.25) is 0 Å². The van der Waals surface area contributed by atoms with Crippen LogP contribution < -0.4 is 11.1 Å². The van der Waals surface area contributed by atoms with Gasteiger partial charge >= 0.3 is 0 Å². The second-order valence-corrected chi connectivity index (χ2v) is 6.42. The fourth-order valence-electron chi connectivity index (χ4n) is 3.48. The van der Waals surface area contributed by atoms with Crippen molar-refractivity contribution in [2.75, 3.05) is 26.7 Å². The fourth-order valence-corrected chi connectivity index (χ4v) is 3.48. The fraction of sp³-hybridized carbons (Fsp3) is 0.933. The number of rotatable bonds is 3. The molecule has 1 saturated heterocycles. The van der Waals surface area contributed by atoms with E-state index < -0.39 is 0 Å². The monoisotopic (exact) mass is 267 g/mol. The van der Waals surface area contributed by atoms with E-state index in [0.29, 0.717) is 5.92 Å². The van der Waals surface area contributed by atoms with E-state index in [9.17, 15) is 4.79 Å². The van der Waals surface area contributed by atoms with Crippen LogP contribution in [0.5, 0.6) is 0 Å². The lowest BCUT2D eigenvalue weighted by atomic mass is 9.93. The van der Waals surface area contributed by atoms with E-state index in [4.69, 9.17) is 5.73 Å². The molecule has 3 atom stereocenters. The van der Waals surface area contributed by atoms with Crippen molar-refractivity contribution in [1.82, 2.24) is 10.2 Å². The third kappa shape index (κ3) is 4.46. The molecule has 1 aliphatic carbocycles. The molecule has 0 aromatic carbocycles. The lowest BCUT2D eigenvalue weighted by molar-refractivity contribution is -0.126. The first-order valence-electron chi connectivity index (χ1n) is 7.88. The number of nitrogens with two attached hydrogens (primary N) is 1. The molecule has 0 aromatic heterocycles. The van der Waals surface area contributed by atoms with Gasteiger partial charge in [-0.3, -0.25) is 4.79 Å². The molecule has 0 bridgehead atoms. The summed E-state index contributed by atoms with van der Waals surface area (Å²) in [4.78, 5) is 14.6. The van der Waals surface area contributed by atoms with Crippen LogP contribution in [-0.2, 0) is 4.79 Å². The summed E-state index contributed by atoms with van der Waals surface area (Å²) >= 11 is 0. The third-order valence-electron chi connectivity index (χ3n) is 4.69. The highest BCUT2D eigenvalue weighted by Crippen LogP contribution is 2.22. The van der Waals surface area contributed by atoms with Crippen LogP contribution in [-0.4, -0.2) is 43.5 Å². The van der Waals surface area contributed by atoms with E-state index in [-0.39, 0.29) is 17.9 Å². The van der Waals surface area contributed by atoms with Crippen molar-refractivity contribution in [1.29, 1.82) is 0 Å². The molecule has 3 N–H and O–H groups in total. The predicted octanol–water partition coefficient (Wildman–Crippen LogP) is 1.35. The van der Waals surface area contributed by atoms with Gasteiger partial charge in [0.25, 0.3) is 0 Å². The van der Waals surface area contributed by atoms with E-state index in [2.05, 4.69) is 17.3 Å². The molecule has 2 rings (SSSR count). The molecule has 3 unspecified atom stereocenters. The van der Waals surface area contributed by atoms with Crippen LogP contribution >= 0.6 is 0 Å². The minimum Gasteiger partial charge on any atom is -0.355 e. The molecule has 0 spiro atoms. The van der Waals surface area contributed by atoms with Crippen LogP contribution in [0, 0.1) is 11.8 Å². The molecule has 4 heteroatoms. The number of hydrogen-bond acceptors (Lipinski definition) is 3. The number of amides is 1. The molecule has 0 radical (unpaired) electrons. The predicted molar refractivity (Wildman–Crippen MR) is 77.8 cm³/mol. The number of carbonyl (C=O) groups excluding carboxylic acids is 1. The highest BCUT2D eigenvalue weighted by Gasteiger charge is 2.27. The van der Waals surface area contributed by atoms with Crippen LogP contribution in [0.25, 0.3) is 0 Å². The first kappa shape index (κ1) is 14.8. The summed E-state index contributed by atoms with van der Waals surface area (Å²) in [6.07, 6.45) is 8.02. The SMILES string of the molecule is CN1CCCC(CNC(=O)C2CCCCCC2N)C1. The molecule has 110 valence electrons. The maximum absolute atomic E-state index is 12.3. The number of piperidine rings is 1. The van der Waals surface area contributed by atoms with Crippen LogP contribution in [0.1, 0.15) is 44.9 Å². The molecule has 2 aliphatic rings. The number of nitrogens with one attached hydrogen (secondary N) is 1. The van der Waals surface area contributed by atoms with E-state index in [1.807, 2.05) is 0 Å². The Morgan fingerprint density at radius 3 is 2.79 bits per heavy atom. The number of hydrogen-bond donors (Lipinski definition) is 2. The van der Waals surface area contributed by atoms with Crippen molar-refractivity contribution in [3.63, 3.8) is 0 Å². The molecule has 1 amide bonds. The van der Waals surface area contributed by atoms with Gasteiger partial charge in [0.05, 0.1) is 5.92 Å². The molecular formula is C15H29N3O. The Bertz CT molecular complexity index is 295. The summed E-state index contributed by atoms with van der Waals surface area (Å²) in [6, 6.07) is 0.0662. The normalized spacial score (nSPS) is 33.7. The zero-order valence-corrected chi connectivity index (χ0v) is 12.2. The van der Waals surface area contributed by atoms with Gasteiger partial charge in [0.1, 0.15) is 0 Å². The molecule has 4 nitrogen and oxygen atoms in total. The molecule has 0 aromatic rings. The smallest absolute Gasteiger partial charge is 0.224 e. The summed E-state index contributed by atoms with van der Waals surface area (Å²) in [5, 5.41) is 3.16. The van der Waals surface area contributed by atoms with Crippen molar-refractivity contribution in [2.45, 2.75) is 51.0 Å². The summed E-state index contributed by atoms with van der Waals surface area (Å²) in [6.45, 7) is 3.13. The number of carbonyl (C=O) groups is 1. The highest BCUT2D eigenvalue weighted by atomic mass is 16.1. The topological polar surface area (TPSA) is 58.4 Å². The summed E-state index contributed by atoms with van der Waals surface area (Å²) in [5.74, 6) is 0.858. The van der Waals surface area contributed by atoms with Crippen molar-refractivity contribution >= 4 is 5.91 Å². The first-order chi connectivity index (χ1) is 9.16. The van der Waals surface area contributed by atoms with E-state index in [1.54, 1.807) is 0 Å². The van der Waals surface area contributed by atoms with Crippen LogP contribution in [0.15, 0.2) is 0 Å². The van der Waals surface area contributed by atoms with Gasteiger partial charge in [0, 0.05) is 19.1 Å². The Balaban J connectivity index is 1.76. The molecular weight excluding hydrogens is 238 g/mol. The summed E-state index contributed by atoms with van der Waals surface area (Å²) in [5.41, 5.74) is 6.14. The third-order valence-corrected chi connectivity index (χ3v) is 4.69. The van der Waals surface area contributed by atoms with Gasteiger partial charge in [-0.25, -0.2) is 0 Å². The van der Waals surface area contributed by atoms with Crippen molar-refractivity contribution in [3.8, 4) is 0 Å². The van der Waals surface area contributed by atoms with Crippen molar-refractivity contribution in [2.24, 2.45) is 17.6 Å². The van der Waals surface area contributed by atoms with E-state index in [1.165, 1.54) is 32.2 Å². The zero-order chi connectivity index (χ0) is 13.7. The Morgan fingerprint density at radius 1 is 1.21 bits per heavy atom. The zero-order valence-electron chi connectivity index (χ0n) is 12.2. The van der Waals surface area contributed by atoms with Gasteiger partial charge in [-0.1, -0.05) is 19.3 Å². The van der Waals surface area contributed by atoms with Crippen molar-refractivity contribution < 1.29 is 4.79 Å². The van der Waals surface area contributed by atoms with Gasteiger partial charge in [0.2, 0.25) is 5.91 Å². The molecule has 1 heterocycles. The maximum atomic E-state index is 12.3. The van der Waals surface area contributed by atoms with Crippen LogP contribution in [0.3, 0.4) is 0 Å². The maximum Gasteiger partial charge on any atom is 0.224 e. The lowest BCUT2D eigenvalue weighted by Gasteiger charge is -2.30. The van der Waals surface area contributed by atoms with Gasteiger partial charge in [-0.2, -0.15) is 0 Å². The summed E-state index contributed by atoms with van der Waals surface area (Å²) in [7, 11) is 2.16. The number of likely N-dealkylation sites (tertiary alicyclic amines) is 1. The highest BCUT2D eigenvalue weighted by molar-refractivity contribution is 5.79. The number of nitrogens with zero attached hydrogens (tertiary/aromatic N) is 1. The first-order valence-corrected chi connectivity index (χ1v) is 7.88. The van der Waals surface area contributed by atoms with Crippen LogP contribution in [0.4, 0.5) is 0 Å². The van der Waals surface area contributed by atoms with Gasteiger partial charge in [-0.05, 0) is 45.2 Å². The Labute approximate surface area is 117 Å². The van der Waals surface area contributed by atoms with E-state index in [0.717, 1.165) is 32.4 Å². The second kappa shape index (κ2) is 7.25. The second-order valence-electron chi connectivity index (χ2n) is 6.42. The Kier molecular flexibility index (Phi) is 5.64. The van der Waals surface area contributed by atoms with Crippen molar-refractivity contribution in [3.05, 3.63) is 0 Å². The molecule has 2 fully saturated rings. The minimum absolute atomic E-state index is 0.0452. The van der Waals surface area contributed by atoms with Gasteiger partial charge in [0.15, 0.2) is 0 Å². The summed E-state index contributed by atoms with van der Waals surface area (Å²) < 4.78 is 0. The van der Waals surface area contributed by atoms with E-state index >= 15 is 0 Å². The standard InChI is InChI=1S/C15H29N3O/c1-18-9-5-6-12(11-18)10-17-15(19)13-7-3-2-4-8-14(13)16/h12-14H,2-11,16H2,1H3,(H,17,19). The largest absolute Gasteiger partial charge is 0.355 e.